The van der Waals surface area contributed by atoms with E-state index in [9.17, 15) is 18.0 Å². The van der Waals surface area contributed by atoms with E-state index in [1.165, 1.54) is 23.4 Å². The first-order valence-electron chi connectivity index (χ1n) is 11.5. The molecule has 1 aromatic heterocycles. The van der Waals surface area contributed by atoms with Crippen LogP contribution >= 0.6 is 0 Å². The molecule has 1 N–H and O–H groups in total. The molecular formula is C28H28N2O5S. The third kappa shape index (κ3) is 5.24. The second kappa shape index (κ2) is 10.1. The zero-order chi connectivity index (χ0) is 26.0. The maximum absolute atomic E-state index is 13.8. The van der Waals surface area contributed by atoms with Gasteiger partial charge in [0.25, 0.3) is 5.56 Å². The summed E-state index contributed by atoms with van der Waals surface area (Å²) in [5, 5.41) is 0.827. The van der Waals surface area contributed by atoms with Gasteiger partial charge in [-0.1, -0.05) is 24.3 Å². The number of hydrogen-bond donors (Lipinski definition) is 1. The molecule has 0 aliphatic carbocycles. The summed E-state index contributed by atoms with van der Waals surface area (Å²) in [7, 11) is -2.50. The standard InChI is InChI=1S/C28H28N2O5S/c1-18-12-23-14-24(28(32)29-27(23)13-19(18)2)17-30(16-21-8-10-25(35-4)11-9-21)36(33,34)26-7-5-6-22(15-26)20(3)31/h5-15H,16-17H2,1-4H3,(H,29,32). The molecule has 1 heterocycles. The van der Waals surface area contributed by atoms with Gasteiger partial charge in [-0.2, -0.15) is 4.31 Å². The summed E-state index contributed by atoms with van der Waals surface area (Å²) in [4.78, 5) is 27.7. The SMILES string of the molecule is COc1ccc(CN(Cc2cc3cc(C)c(C)cc3[nH]c2=O)S(=O)(=O)c2cccc(C(C)=O)c2)cc1. The van der Waals surface area contributed by atoms with E-state index in [4.69, 9.17) is 4.74 Å². The molecule has 0 saturated carbocycles. The van der Waals surface area contributed by atoms with Crippen molar-refractivity contribution in [2.24, 2.45) is 0 Å². The van der Waals surface area contributed by atoms with E-state index >= 15 is 0 Å². The fraction of sp³-hybridized carbons (Fsp3) is 0.214. The normalized spacial score (nSPS) is 11.7. The van der Waals surface area contributed by atoms with Crippen molar-refractivity contribution in [1.82, 2.24) is 9.29 Å². The topological polar surface area (TPSA) is 96.5 Å². The predicted octanol–water partition coefficient (Wildman–Crippen LogP) is 4.75. The summed E-state index contributed by atoms with van der Waals surface area (Å²) < 4.78 is 34.0. The quantitative estimate of drug-likeness (QED) is 0.350. The Morgan fingerprint density at radius 1 is 0.944 bits per heavy atom. The molecule has 0 amide bonds. The molecule has 0 aliphatic heterocycles. The van der Waals surface area contributed by atoms with Gasteiger partial charge in [-0.05, 0) is 85.3 Å². The maximum Gasteiger partial charge on any atom is 0.252 e. The Hall–Kier alpha value is -3.75. The van der Waals surface area contributed by atoms with Gasteiger partial charge in [0.1, 0.15) is 5.75 Å². The number of carbonyl (C=O) groups is 1. The summed E-state index contributed by atoms with van der Waals surface area (Å²) in [6.45, 7) is 5.23. The minimum Gasteiger partial charge on any atom is -0.497 e. The zero-order valence-corrected chi connectivity index (χ0v) is 21.5. The van der Waals surface area contributed by atoms with Crippen LogP contribution in [-0.4, -0.2) is 30.6 Å². The van der Waals surface area contributed by atoms with Crippen molar-refractivity contribution in [2.75, 3.05) is 7.11 Å². The Labute approximate surface area is 210 Å². The van der Waals surface area contributed by atoms with Crippen LogP contribution in [0.25, 0.3) is 10.9 Å². The average molecular weight is 505 g/mol. The predicted molar refractivity (Wildman–Crippen MR) is 140 cm³/mol. The molecule has 0 radical (unpaired) electrons. The lowest BCUT2D eigenvalue weighted by molar-refractivity contribution is 0.101. The number of ether oxygens (including phenoxy) is 1. The summed E-state index contributed by atoms with van der Waals surface area (Å²) in [6, 6.07) is 18.6. The molecule has 7 nitrogen and oxygen atoms in total. The smallest absolute Gasteiger partial charge is 0.252 e. The van der Waals surface area contributed by atoms with E-state index in [2.05, 4.69) is 4.98 Å². The number of aromatic nitrogens is 1. The number of ketones is 1. The fourth-order valence-electron chi connectivity index (χ4n) is 4.01. The highest BCUT2D eigenvalue weighted by Crippen LogP contribution is 2.24. The van der Waals surface area contributed by atoms with Gasteiger partial charge in [-0.15, -0.1) is 0 Å². The Balaban J connectivity index is 1.79. The van der Waals surface area contributed by atoms with Crippen LogP contribution in [-0.2, 0) is 23.1 Å². The molecule has 0 spiro atoms. The molecule has 0 atom stereocenters. The number of aromatic amines is 1. The minimum absolute atomic E-state index is 0.00704. The van der Waals surface area contributed by atoms with Gasteiger partial charge in [-0.25, -0.2) is 8.42 Å². The molecule has 36 heavy (non-hydrogen) atoms. The van der Waals surface area contributed by atoms with Crippen molar-refractivity contribution >= 4 is 26.7 Å². The monoisotopic (exact) mass is 504 g/mol. The van der Waals surface area contributed by atoms with Crippen molar-refractivity contribution in [1.29, 1.82) is 0 Å². The van der Waals surface area contributed by atoms with E-state index < -0.39 is 10.0 Å². The van der Waals surface area contributed by atoms with Gasteiger partial charge >= 0.3 is 0 Å². The lowest BCUT2D eigenvalue weighted by atomic mass is 10.0. The van der Waals surface area contributed by atoms with Crippen molar-refractivity contribution in [2.45, 2.75) is 38.8 Å². The van der Waals surface area contributed by atoms with Crippen LogP contribution in [0.4, 0.5) is 0 Å². The van der Waals surface area contributed by atoms with Gasteiger partial charge in [0.2, 0.25) is 10.0 Å². The number of nitrogens with one attached hydrogen (secondary N) is 1. The first kappa shape index (κ1) is 25.3. The van der Waals surface area contributed by atoms with Crippen LogP contribution in [0.3, 0.4) is 0 Å². The molecule has 0 unspecified atom stereocenters. The zero-order valence-electron chi connectivity index (χ0n) is 20.7. The third-order valence-electron chi connectivity index (χ3n) is 6.28. The van der Waals surface area contributed by atoms with E-state index in [-0.39, 0.29) is 29.3 Å². The van der Waals surface area contributed by atoms with E-state index in [0.717, 1.165) is 22.1 Å². The van der Waals surface area contributed by atoms with Crippen LogP contribution in [0.15, 0.2) is 76.4 Å². The summed E-state index contributed by atoms with van der Waals surface area (Å²) in [5.74, 6) is 0.421. The molecule has 186 valence electrons. The van der Waals surface area contributed by atoms with E-state index in [1.54, 1.807) is 49.6 Å². The Morgan fingerprint density at radius 3 is 2.31 bits per heavy atom. The number of fused-ring (bicyclic) bond motifs is 1. The first-order valence-corrected chi connectivity index (χ1v) is 12.9. The van der Waals surface area contributed by atoms with Crippen molar-refractivity contribution < 1.29 is 17.9 Å². The highest BCUT2D eigenvalue weighted by Gasteiger charge is 2.27. The molecule has 4 rings (SSSR count). The number of pyridine rings is 1. The van der Waals surface area contributed by atoms with Crippen LogP contribution in [0.5, 0.6) is 5.75 Å². The molecule has 0 saturated heterocycles. The van der Waals surface area contributed by atoms with Gasteiger partial charge in [0.05, 0.1) is 12.0 Å². The number of hydrogen-bond acceptors (Lipinski definition) is 5. The highest BCUT2D eigenvalue weighted by molar-refractivity contribution is 7.89. The number of Topliss-reactive ketones (excluding diaryl/α,β-unsaturated/α-hetero) is 1. The Bertz CT molecular complexity index is 1610. The molecule has 4 aromatic rings. The molecular weight excluding hydrogens is 476 g/mol. The minimum atomic E-state index is -4.06. The van der Waals surface area contributed by atoms with Crippen LogP contribution in [0.1, 0.15) is 39.5 Å². The van der Waals surface area contributed by atoms with Gasteiger partial charge in [-0.3, -0.25) is 9.59 Å². The summed E-state index contributed by atoms with van der Waals surface area (Å²) >= 11 is 0. The van der Waals surface area contributed by atoms with Crippen molar-refractivity contribution in [3.63, 3.8) is 0 Å². The van der Waals surface area contributed by atoms with E-state index in [1.807, 2.05) is 26.0 Å². The molecule has 8 heteroatoms. The Morgan fingerprint density at radius 2 is 1.64 bits per heavy atom. The third-order valence-corrected chi connectivity index (χ3v) is 8.07. The number of rotatable bonds is 8. The number of sulfonamides is 1. The second-order valence-corrected chi connectivity index (χ2v) is 10.8. The number of H-pyrrole nitrogens is 1. The van der Waals surface area contributed by atoms with Crippen molar-refractivity contribution in [3.8, 4) is 5.75 Å². The Kier molecular flexibility index (Phi) is 7.10. The number of nitrogens with zero attached hydrogens (tertiary/aromatic N) is 1. The highest BCUT2D eigenvalue weighted by atomic mass is 32.2. The summed E-state index contributed by atoms with van der Waals surface area (Å²) in [5.41, 5.74) is 3.83. The second-order valence-electron chi connectivity index (χ2n) is 8.85. The van der Waals surface area contributed by atoms with Gasteiger partial charge in [0, 0.05) is 29.7 Å². The van der Waals surface area contributed by atoms with Crippen LogP contribution in [0.2, 0.25) is 0 Å². The number of aryl methyl sites for hydroxylation is 2. The first-order chi connectivity index (χ1) is 17.1. The number of benzene rings is 3. The molecule has 0 aliphatic rings. The van der Waals surface area contributed by atoms with E-state index in [0.29, 0.717) is 22.4 Å². The number of methoxy groups -OCH3 is 1. The average Bonchev–Trinajstić information content (AvgIpc) is 2.85. The lowest BCUT2D eigenvalue weighted by Crippen LogP contribution is -2.32. The summed E-state index contributed by atoms with van der Waals surface area (Å²) in [6.07, 6.45) is 0. The van der Waals surface area contributed by atoms with Gasteiger partial charge < -0.3 is 9.72 Å². The molecule has 0 bridgehead atoms. The van der Waals surface area contributed by atoms with Crippen LogP contribution < -0.4 is 10.3 Å². The lowest BCUT2D eigenvalue weighted by Gasteiger charge is -2.23. The fourth-order valence-corrected chi connectivity index (χ4v) is 5.47. The molecule has 0 fully saturated rings. The van der Waals surface area contributed by atoms with Crippen LogP contribution in [0, 0.1) is 13.8 Å². The molecule has 3 aromatic carbocycles. The van der Waals surface area contributed by atoms with Crippen molar-refractivity contribution in [3.05, 3.63) is 105 Å². The van der Waals surface area contributed by atoms with Gasteiger partial charge in [0.15, 0.2) is 5.78 Å². The number of carbonyl (C=O) groups excluding carboxylic acids is 1. The largest absolute Gasteiger partial charge is 0.497 e. The maximum atomic E-state index is 13.8.